The molecule has 1 atom stereocenters. The summed E-state index contributed by atoms with van der Waals surface area (Å²) in [5, 5.41) is 9.65. The molecule has 1 N–H and O–H groups in total. The number of ether oxygens (including phenoxy) is 1. The highest BCUT2D eigenvalue weighted by atomic mass is 79.9. The van der Waals surface area contributed by atoms with E-state index in [2.05, 4.69) is 15.9 Å². The average Bonchev–Trinajstić information content (AvgIpc) is 2.14. The lowest BCUT2D eigenvalue weighted by Gasteiger charge is -2.12. The summed E-state index contributed by atoms with van der Waals surface area (Å²) in [5.74, 6) is -0.329. The molecule has 0 fully saturated rings. The van der Waals surface area contributed by atoms with Crippen LogP contribution in [-0.2, 0) is 4.74 Å². The molecule has 1 unspecified atom stereocenters. The summed E-state index contributed by atoms with van der Waals surface area (Å²) in [4.78, 5) is 0. The first-order valence-corrected chi connectivity index (χ1v) is 5.15. The molecule has 0 saturated carbocycles. The number of hydrogen-bond donors (Lipinski definition) is 1. The van der Waals surface area contributed by atoms with Gasteiger partial charge in [0.1, 0.15) is 11.9 Å². The van der Waals surface area contributed by atoms with Crippen LogP contribution in [0.4, 0.5) is 4.39 Å². The van der Waals surface area contributed by atoms with Gasteiger partial charge in [0.2, 0.25) is 0 Å². The van der Waals surface area contributed by atoms with Crippen molar-refractivity contribution < 1.29 is 14.2 Å². The van der Waals surface area contributed by atoms with Gasteiger partial charge in [-0.2, -0.15) is 0 Å². The van der Waals surface area contributed by atoms with Gasteiger partial charge in [-0.1, -0.05) is 22.0 Å². The summed E-state index contributed by atoms with van der Waals surface area (Å²) in [6.45, 7) is 2.63. The molecule has 1 aromatic carbocycles. The SMILES string of the molecule is CCOCC(O)c1ccc(F)cc1Br. The van der Waals surface area contributed by atoms with Gasteiger partial charge in [0.05, 0.1) is 6.61 Å². The van der Waals surface area contributed by atoms with Crippen molar-refractivity contribution in [2.45, 2.75) is 13.0 Å². The highest BCUT2D eigenvalue weighted by Crippen LogP contribution is 2.24. The highest BCUT2D eigenvalue weighted by Gasteiger charge is 2.11. The zero-order valence-corrected chi connectivity index (χ0v) is 9.42. The van der Waals surface area contributed by atoms with E-state index in [-0.39, 0.29) is 12.4 Å². The first kappa shape index (κ1) is 11.6. The van der Waals surface area contributed by atoms with Crippen molar-refractivity contribution in [1.82, 2.24) is 0 Å². The van der Waals surface area contributed by atoms with Crippen molar-refractivity contribution in [2.75, 3.05) is 13.2 Å². The van der Waals surface area contributed by atoms with E-state index in [1.165, 1.54) is 12.1 Å². The van der Waals surface area contributed by atoms with Crippen LogP contribution in [0.5, 0.6) is 0 Å². The summed E-state index contributed by atoms with van der Waals surface area (Å²) in [7, 11) is 0. The Kier molecular flexibility index (Phi) is 4.51. The topological polar surface area (TPSA) is 29.5 Å². The molecule has 4 heteroatoms. The van der Waals surface area contributed by atoms with Gasteiger partial charge in [-0.15, -0.1) is 0 Å². The highest BCUT2D eigenvalue weighted by molar-refractivity contribution is 9.10. The Morgan fingerprint density at radius 1 is 1.57 bits per heavy atom. The maximum Gasteiger partial charge on any atom is 0.124 e. The van der Waals surface area contributed by atoms with Gasteiger partial charge >= 0.3 is 0 Å². The van der Waals surface area contributed by atoms with Gasteiger partial charge in [0.25, 0.3) is 0 Å². The van der Waals surface area contributed by atoms with Gasteiger partial charge in [0.15, 0.2) is 0 Å². The second-order valence-corrected chi connectivity index (χ2v) is 3.70. The molecule has 0 spiro atoms. The third kappa shape index (κ3) is 3.04. The molecule has 0 bridgehead atoms. The molecule has 0 heterocycles. The first-order valence-electron chi connectivity index (χ1n) is 4.36. The Morgan fingerprint density at radius 2 is 2.29 bits per heavy atom. The molecule has 0 aliphatic heterocycles. The summed E-state index contributed by atoms with van der Waals surface area (Å²) >= 11 is 3.18. The van der Waals surface area contributed by atoms with Crippen molar-refractivity contribution in [3.63, 3.8) is 0 Å². The number of aliphatic hydroxyl groups is 1. The largest absolute Gasteiger partial charge is 0.386 e. The standard InChI is InChI=1S/C10H12BrFO2/c1-2-14-6-10(13)8-4-3-7(12)5-9(8)11/h3-5,10,13H,2,6H2,1H3. The molecular weight excluding hydrogens is 251 g/mol. The summed E-state index contributed by atoms with van der Waals surface area (Å²) < 4.78 is 18.4. The summed E-state index contributed by atoms with van der Waals surface area (Å²) in [6.07, 6.45) is -0.718. The molecule has 1 aromatic rings. The molecule has 1 rings (SSSR count). The lowest BCUT2D eigenvalue weighted by atomic mass is 10.1. The Labute approximate surface area is 90.8 Å². The minimum atomic E-state index is -0.718. The Bertz CT molecular complexity index is 304. The van der Waals surface area contributed by atoms with E-state index in [0.29, 0.717) is 16.6 Å². The van der Waals surface area contributed by atoms with Crippen LogP contribution in [0.1, 0.15) is 18.6 Å². The maximum absolute atomic E-state index is 12.7. The van der Waals surface area contributed by atoms with Gasteiger partial charge < -0.3 is 9.84 Å². The molecule has 0 amide bonds. The second-order valence-electron chi connectivity index (χ2n) is 2.84. The van der Waals surface area contributed by atoms with Crippen LogP contribution >= 0.6 is 15.9 Å². The molecule has 0 aliphatic rings. The third-order valence-electron chi connectivity index (χ3n) is 1.80. The quantitative estimate of drug-likeness (QED) is 0.904. The monoisotopic (exact) mass is 262 g/mol. The lowest BCUT2D eigenvalue weighted by Crippen LogP contribution is -2.07. The van der Waals surface area contributed by atoms with Crippen LogP contribution in [0.2, 0.25) is 0 Å². The molecule has 0 saturated heterocycles. The Hall–Kier alpha value is -0.450. The van der Waals surface area contributed by atoms with Gasteiger partial charge in [-0.05, 0) is 24.6 Å². The third-order valence-corrected chi connectivity index (χ3v) is 2.49. The van der Waals surface area contributed by atoms with E-state index in [0.717, 1.165) is 0 Å². The minimum Gasteiger partial charge on any atom is -0.386 e. The maximum atomic E-state index is 12.7. The number of aliphatic hydroxyl groups excluding tert-OH is 1. The van der Waals surface area contributed by atoms with Gasteiger partial charge in [0, 0.05) is 11.1 Å². The second kappa shape index (κ2) is 5.44. The molecule has 0 radical (unpaired) electrons. The van der Waals surface area contributed by atoms with Crippen LogP contribution in [0.25, 0.3) is 0 Å². The normalized spacial score (nSPS) is 12.9. The lowest BCUT2D eigenvalue weighted by molar-refractivity contribution is 0.0416. The Morgan fingerprint density at radius 3 is 2.86 bits per heavy atom. The number of benzene rings is 1. The van der Waals surface area contributed by atoms with E-state index in [9.17, 15) is 9.50 Å². The van der Waals surface area contributed by atoms with Crippen LogP contribution in [0.15, 0.2) is 22.7 Å². The van der Waals surface area contributed by atoms with E-state index in [1.807, 2.05) is 6.92 Å². The molecule has 2 nitrogen and oxygen atoms in total. The molecule has 0 aliphatic carbocycles. The van der Waals surface area contributed by atoms with E-state index >= 15 is 0 Å². The first-order chi connectivity index (χ1) is 6.65. The fraction of sp³-hybridized carbons (Fsp3) is 0.400. The molecule has 0 aromatic heterocycles. The fourth-order valence-electron chi connectivity index (χ4n) is 1.09. The van der Waals surface area contributed by atoms with E-state index in [4.69, 9.17) is 4.74 Å². The fourth-order valence-corrected chi connectivity index (χ4v) is 1.71. The summed E-state index contributed by atoms with van der Waals surface area (Å²) in [6, 6.07) is 4.18. The van der Waals surface area contributed by atoms with Crippen LogP contribution in [0.3, 0.4) is 0 Å². The molecule has 14 heavy (non-hydrogen) atoms. The van der Waals surface area contributed by atoms with Crippen LogP contribution in [-0.4, -0.2) is 18.3 Å². The number of hydrogen-bond acceptors (Lipinski definition) is 2. The minimum absolute atomic E-state index is 0.223. The van der Waals surface area contributed by atoms with Crippen molar-refractivity contribution in [3.8, 4) is 0 Å². The van der Waals surface area contributed by atoms with Crippen molar-refractivity contribution >= 4 is 15.9 Å². The molecule has 78 valence electrons. The van der Waals surface area contributed by atoms with Crippen LogP contribution in [0, 0.1) is 5.82 Å². The van der Waals surface area contributed by atoms with Gasteiger partial charge in [-0.3, -0.25) is 0 Å². The zero-order valence-electron chi connectivity index (χ0n) is 7.84. The van der Waals surface area contributed by atoms with Gasteiger partial charge in [-0.25, -0.2) is 4.39 Å². The number of rotatable bonds is 4. The average molecular weight is 263 g/mol. The Balaban J connectivity index is 2.74. The molecular formula is C10H12BrFO2. The van der Waals surface area contributed by atoms with Crippen molar-refractivity contribution in [1.29, 1.82) is 0 Å². The van der Waals surface area contributed by atoms with Crippen LogP contribution < -0.4 is 0 Å². The number of halogens is 2. The smallest absolute Gasteiger partial charge is 0.124 e. The summed E-state index contributed by atoms with van der Waals surface area (Å²) in [5.41, 5.74) is 0.639. The van der Waals surface area contributed by atoms with E-state index < -0.39 is 6.10 Å². The predicted molar refractivity (Wildman–Crippen MR) is 55.6 cm³/mol. The van der Waals surface area contributed by atoms with Crippen molar-refractivity contribution in [3.05, 3.63) is 34.1 Å². The van der Waals surface area contributed by atoms with E-state index in [1.54, 1.807) is 6.07 Å². The zero-order chi connectivity index (χ0) is 10.6. The predicted octanol–water partition coefficient (Wildman–Crippen LogP) is 2.66. The van der Waals surface area contributed by atoms with Crippen molar-refractivity contribution in [2.24, 2.45) is 0 Å².